The molecule has 1 aliphatic heterocycles. The molecule has 3 unspecified atom stereocenters. The third-order valence-corrected chi connectivity index (χ3v) is 3.95. The maximum absolute atomic E-state index is 12.2. The monoisotopic (exact) mass is 269 g/mol. The lowest BCUT2D eigenvalue weighted by Crippen LogP contribution is -2.54. The number of hydrogen-bond acceptors (Lipinski definition) is 4. The van der Waals surface area contributed by atoms with Crippen molar-refractivity contribution < 1.29 is 19.5 Å². The number of nitrogens with zero attached hydrogens (tertiary/aromatic N) is 1. The molecule has 106 valence electrons. The molecule has 19 heavy (non-hydrogen) atoms. The molecule has 0 radical (unpaired) electrons. The van der Waals surface area contributed by atoms with E-state index in [-0.39, 0.29) is 24.8 Å². The molecule has 1 aliphatic carbocycles. The van der Waals surface area contributed by atoms with Gasteiger partial charge in [0.05, 0.1) is 6.04 Å². The molecule has 0 aromatic rings. The predicted molar refractivity (Wildman–Crippen MR) is 65.8 cm³/mol. The van der Waals surface area contributed by atoms with Gasteiger partial charge in [-0.25, -0.2) is 4.79 Å². The van der Waals surface area contributed by atoms with Crippen LogP contribution in [0.1, 0.15) is 32.1 Å². The minimum Gasteiger partial charge on any atom is -0.480 e. The Bertz CT molecular complexity index is 412. The summed E-state index contributed by atoms with van der Waals surface area (Å²) in [4.78, 5) is 35.6. The van der Waals surface area contributed by atoms with Crippen molar-refractivity contribution in [2.75, 3.05) is 0 Å². The SMILES string of the molecule is NC(=O)CC[C@H](N)C(=O)N1C(C(=O)O)CCC2CC21. The van der Waals surface area contributed by atoms with E-state index in [1.807, 2.05) is 0 Å². The summed E-state index contributed by atoms with van der Waals surface area (Å²) in [5.41, 5.74) is 10.8. The van der Waals surface area contributed by atoms with Crippen LogP contribution in [-0.2, 0) is 14.4 Å². The molecule has 1 saturated carbocycles. The summed E-state index contributed by atoms with van der Waals surface area (Å²) in [5, 5.41) is 9.18. The van der Waals surface area contributed by atoms with Crippen LogP contribution in [0.3, 0.4) is 0 Å². The third-order valence-electron chi connectivity index (χ3n) is 3.95. The minimum atomic E-state index is -0.985. The fourth-order valence-electron chi connectivity index (χ4n) is 2.80. The van der Waals surface area contributed by atoms with Gasteiger partial charge < -0.3 is 21.5 Å². The summed E-state index contributed by atoms with van der Waals surface area (Å²) in [6, 6.07) is -1.62. The molecule has 2 aliphatic rings. The van der Waals surface area contributed by atoms with E-state index >= 15 is 0 Å². The molecule has 2 rings (SSSR count). The third kappa shape index (κ3) is 2.86. The van der Waals surface area contributed by atoms with E-state index in [1.54, 1.807) is 0 Å². The van der Waals surface area contributed by atoms with Gasteiger partial charge in [-0.2, -0.15) is 0 Å². The summed E-state index contributed by atoms with van der Waals surface area (Å²) in [6.45, 7) is 0. The fourth-order valence-corrected chi connectivity index (χ4v) is 2.80. The van der Waals surface area contributed by atoms with Crippen molar-refractivity contribution in [1.82, 2.24) is 4.90 Å². The number of carbonyl (C=O) groups is 3. The number of aliphatic carboxylic acids is 1. The molecule has 7 heteroatoms. The van der Waals surface area contributed by atoms with Gasteiger partial charge in [-0.3, -0.25) is 9.59 Å². The van der Waals surface area contributed by atoms with Crippen LogP contribution < -0.4 is 11.5 Å². The van der Waals surface area contributed by atoms with E-state index in [1.165, 1.54) is 4.90 Å². The average Bonchev–Trinajstić information content (AvgIpc) is 3.12. The molecule has 4 atom stereocenters. The Labute approximate surface area is 110 Å². The van der Waals surface area contributed by atoms with E-state index in [0.29, 0.717) is 12.3 Å². The fraction of sp³-hybridized carbons (Fsp3) is 0.750. The Kier molecular flexibility index (Phi) is 3.75. The molecule has 2 amide bonds. The number of fused-ring (bicyclic) bond motifs is 1. The number of piperidine rings is 1. The Morgan fingerprint density at radius 1 is 1.32 bits per heavy atom. The highest BCUT2D eigenvalue weighted by atomic mass is 16.4. The Hall–Kier alpha value is -1.63. The van der Waals surface area contributed by atoms with Crippen LogP contribution >= 0.6 is 0 Å². The number of rotatable bonds is 5. The summed E-state index contributed by atoms with van der Waals surface area (Å²) in [7, 11) is 0. The molecule has 5 N–H and O–H groups in total. The number of carboxylic acids is 1. The highest BCUT2D eigenvalue weighted by Crippen LogP contribution is 2.45. The van der Waals surface area contributed by atoms with Crippen molar-refractivity contribution >= 4 is 17.8 Å². The van der Waals surface area contributed by atoms with Gasteiger partial charge in [-0.15, -0.1) is 0 Å². The first-order valence-electron chi connectivity index (χ1n) is 6.50. The lowest BCUT2D eigenvalue weighted by atomic mass is 10.00. The van der Waals surface area contributed by atoms with E-state index in [4.69, 9.17) is 11.5 Å². The number of nitrogens with two attached hydrogens (primary N) is 2. The van der Waals surface area contributed by atoms with Crippen molar-refractivity contribution in [1.29, 1.82) is 0 Å². The van der Waals surface area contributed by atoms with Gasteiger partial charge in [-0.05, 0) is 31.6 Å². The molecule has 0 aromatic heterocycles. The normalized spacial score (nSPS) is 30.4. The van der Waals surface area contributed by atoms with E-state index < -0.39 is 24.0 Å². The maximum atomic E-state index is 12.2. The number of primary amides is 1. The van der Waals surface area contributed by atoms with E-state index in [0.717, 1.165) is 12.8 Å². The Morgan fingerprint density at radius 2 is 2.00 bits per heavy atom. The van der Waals surface area contributed by atoms with Gasteiger partial charge in [0.1, 0.15) is 6.04 Å². The van der Waals surface area contributed by atoms with Crippen LogP contribution in [-0.4, -0.2) is 45.9 Å². The van der Waals surface area contributed by atoms with Crippen LogP contribution in [0.5, 0.6) is 0 Å². The predicted octanol–water partition coefficient (Wildman–Crippen LogP) is -0.957. The lowest BCUT2D eigenvalue weighted by molar-refractivity contribution is -0.153. The van der Waals surface area contributed by atoms with Crippen molar-refractivity contribution in [3.8, 4) is 0 Å². The Balaban J connectivity index is 2.02. The standard InChI is InChI=1S/C12H19N3O4/c13-7(2-4-10(14)16)11(17)15-8(12(18)19)3-1-6-5-9(6)15/h6-9H,1-5,13H2,(H2,14,16)(H,18,19)/t6?,7-,8?,9?/m0/s1. The van der Waals surface area contributed by atoms with Crippen LogP contribution in [0, 0.1) is 5.92 Å². The molecule has 0 aromatic carbocycles. The molecular weight excluding hydrogens is 250 g/mol. The van der Waals surface area contributed by atoms with Gasteiger partial charge >= 0.3 is 5.97 Å². The van der Waals surface area contributed by atoms with Crippen molar-refractivity contribution in [3.05, 3.63) is 0 Å². The second-order valence-corrected chi connectivity index (χ2v) is 5.35. The number of likely N-dealkylation sites (tertiary alicyclic amines) is 1. The van der Waals surface area contributed by atoms with Crippen LogP contribution in [0.4, 0.5) is 0 Å². The number of hydrogen-bond donors (Lipinski definition) is 3. The summed E-state index contributed by atoms with van der Waals surface area (Å²) in [5.74, 6) is -1.45. The largest absolute Gasteiger partial charge is 0.480 e. The van der Waals surface area contributed by atoms with Gasteiger partial charge in [-0.1, -0.05) is 0 Å². The van der Waals surface area contributed by atoms with Gasteiger partial charge in [0.15, 0.2) is 0 Å². The van der Waals surface area contributed by atoms with Gasteiger partial charge in [0.2, 0.25) is 11.8 Å². The zero-order valence-electron chi connectivity index (χ0n) is 10.6. The van der Waals surface area contributed by atoms with Crippen molar-refractivity contribution in [2.45, 2.75) is 50.2 Å². The second kappa shape index (κ2) is 5.16. The van der Waals surface area contributed by atoms with Crippen molar-refractivity contribution in [3.63, 3.8) is 0 Å². The maximum Gasteiger partial charge on any atom is 0.326 e. The Morgan fingerprint density at radius 3 is 2.58 bits per heavy atom. The number of carbonyl (C=O) groups excluding carboxylic acids is 2. The first kappa shape index (κ1) is 13.8. The zero-order valence-corrected chi connectivity index (χ0v) is 10.6. The highest BCUT2D eigenvalue weighted by molar-refractivity contribution is 5.88. The highest BCUT2D eigenvalue weighted by Gasteiger charge is 2.52. The first-order chi connectivity index (χ1) is 8.91. The van der Waals surface area contributed by atoms with E-state index in [2.05, 4.69) is 0 Å². The molecule has 1 heterocycles. The van der Waals surface area contributed by atoms with E-state index in [9.17, 15) is 19.5 Å². The second-order valence-electron chi connectivity index (χ2n) is 5.35. The topological polar surface area (TPSA) is 127 Å². The summed E-state index contributed by atoms with van der Waals surface area (Å²) in [6.07, 6.45) is 2.38. The summed E-state index contributed by atoms with van der Waals surface area (Å²) >= 11 is 0. The molecule has 0 bridgehead atoms. The average molecular weight is 269 g/mol. The number of carboxylic acid groups (broad SMARTS) is 1. The molecule has 1 saturated heterocycles. The van der Waals surface area contributed by atoms with Gasteiger partial charge in [0, 0.05) is 12.5 Å². The molecule has 0 spiro atoms. The minimum absolute atomic E-state index is 0.0157. The van der Waals surface area contributed by atoms with Crippen LogP contribution in [0.2, 0.25) is 0 Å². The molecule has 2 fully saturated rings. The zero-order chi connectivity index (χ0) is 14.2. The lowest BCUT2D eigenvalue weighted by Gasteiger charge is -2.34. The summed E-state index contributed by atoms with van der Waals surface area (Å²) < 4.78 is 0. The van der Waals surface area contributed by atoms with Crippen LogP contribution in [0.15, 0.2) is 0 Å². The quantitative estimate of drug-likeness (QED) is 0.592. The smallest absolute Gasteiger partial charge is 0.326 e. The van der Waals surface area contributed by atoms with Gasteiger partial charge in [0.25, 0.3) is 0 Å². The molecular formula is C12H19N3O4. The first-order valence-corrected chi connectivity index (χ1v) is 6.50. The van der Waals surface area contributed by atoms with Crippen molar-refractivity contribution in [2.24, 2.45) is 17.4 Å². The molecule has 7 nitrogen and oxygen atoms in total. The van der Waals surface area contributed by atoms with Crippen LogP contribution in [0.25, 0.3) is 0 Å². The number of amides is 2.